The van der Waals surface area contributed by atoms with Gasteiger partial charge in [-0.05, 0) is 48.1 Å². The summed E-state index contributed by atoms with van der Waals surface area (Å²) in [5, 5.41) is 14.0. The van der Waals surface area contributed by atoms with Crippen molar-refractivity contribution in [3.05, 3.63) is 59.7 Å². The Kier molecular flexibility index (Phi) is 6.44. The Morgan fingerprint density at radius 3 is 2.24 bits per heavy atom. The Hall–Kier alpha value is -2.99. The van der Waals surface area contributed by atoms with Crippen LogP contribution in [0.5, 0.6) is 17.2 Å². The molecule has 1 atom stereocenters. The minimum atomic E-state index is -1.04. The molecule has 2 N–H and O–H groups in total. The van der Waals surface area contributed by atoms with Crippen LogP contribution in [0.1, 0.15) is 24.0 Å². The van der Waals surface area contributed by atoms with Gasteiger partial charge in [-0.25, -0.2) is 0 Å². The summed E-state index contributed by atoms with van der Waals surface area (Å²) < 4.78 is 16.0. The highest BCUT2D eigenvalue weighted by molar-refractivity contribution is 5.92. The molecule has 1 amide bonds. The van der Waals surface area contributed by atoms with Crippen molar-refractivity contribution in [2.45, 2.75) is 18.4 Å². The van der Waals surface area contributed by atoms with Crippen molar-refractivity contribution in [1.82, 2.24) is 5.32 Å². The van der Waals surface area contributed by atoms with E-state index in [0.29, 0.717) is 17.2 Å². The van der Waals surface area contributed by atoms with E-state index in [1.165, 1.54) is 13.2 Å². The molecular formula is C23H27NO5. The number of rotatable bonds is 9. The Labute approximate surface area is 171 Å². The van der Waals surface area contributed by atoms with Crippen LogP contribution in [0.25, 0.3) is 6.08 Å². The molecular weight excluding hydrogens is 370 g/mol. The second-order valence-electron chi connectivity index (χ2n) is 7.07. The Morgan fingerprint density at radius 2 is 1.72 bits per heavy atom. The highest BCUT2D eigenvalue weighted by Crippen LogP contribution is 2.45. The van der Waals surface area contributed by atoms with Crippen molar-refractivity contribution >= 4 is 12.0 Å². The molecule has 6 nitrogen and oxygen atoms in total. The molecule has 1 fully saturated rings. The van der Waals surface area contributed by atoms with Crippen LogP contribution < -0.4 is 19.5 Å². The number of carbonyl (C=O) groups is 1. The summed E-state index contributed by atoms with van der Waals surface area (Å²) in [5.41, 5.74) is 0.517. The van der Waals surface area contributed by atoms with E-state index in [4.69, 9.17) is 14.2 Å². The van der Waals surface area contributed by atoms with Gasteiger partial charge >= 0.3 is 0 Å². The van der Waals surface area contributed by atoms with E-state index in [2.05, 4.69) is 5.32 Å². The maximum atomic E-state index is 12.4. The van der Waals surface area contributed by atoms with Crippen molar-refractivity contribution in [3.8, 4) is 17.2 Å². The zero-order valence-electron chi connectivity index (χ0n) is 17.0. The van der Waals surface area contributed by atoms with Gasteiger partial charge in [0, 0.05) is 6.08 Å². The summed E-state index contributed by atoms with van der Waals surface area (Å²) in [4.78, 5) is 12.4. The molecule has 0 bridgehead atoms. The van der Waals surface area contributed by atoms with Gasteiger partial charge in [0.05, 0.1) is 27.9 Å². The number of hydrogen-bond donors (Lipinski definition) is 2. The van der Waals surface area contributed by atoms with E-state index in [-0.39, 0.29) is 18.4 Å². The lowest BCUT2D eigenvalue weighted by atomic mass is 9.88. The Morgan fingerprint density at radius 1 is 1.10 bits per heavy atom. The fourth-order valence-corrected chi connectivity index (χ4v) is 3.42. The number of amides is 1. The van der Waals surface area contributed by atoms with Gasteiger partial charge in [-0.2, -0.15) is 0 Å². The van der Waals surface area contributed by atoms with Crippen LogP contribution in [0.15, 0.2) is 48.5 Å². The quantitative estimate of drug-likeness (QED) is 0.636. The number of carbonyl (C=O) groups excluding carboxylic acids is 1. The van der Waals surface area contributed by atoms with Crippen molar-refractivity contribution in [3.63, 3.8) is 0 Å². The molecule has 1 aliphatic rings. The first kappa shape index (κ1) is 20.7. The molecule has 1 unspecified atom stereocenters. The molecule has 1 aliphatic carbocycles. The van der Waals surface area contributed by atoms with Crippen LogP contribution in [-0.2, 0) is 10.4 Å². The summed E-state index contributed by atoms with van der Waals surface area (Å²) in [7, 11) is 4.62. The molecule has 0 heterocycles. The largest absolute Gasteiger partial charge is 0.493 e. The summed E-state index contributed by atoms with van der Waals surface area (Å²) in [6, 6.07) is 13.0. The maximum Gasteiger partial charge on any atom is 0.244 e. The molecule has 6 heteroatoms. The maximum absolute atomic E-state index is 12.4. The number of nitrogens with one attached hydrogen (secondary N) is 1. The minimum Gasteiger partial charge on any atom is -0.493 e. The lowest BCUT2D eigenvalue weighted by Crippen LogP contribution is -2.42. The van der Waals surface area contributed by atoms with E-state index < -0.39 is 5.60 Å². The molecule has 2 aromatic carbocycles. The number of hydrogen-bond acceptors (Lipinski definition) is 5. The SMILES string of the molecule is COc1cc(/C=C/C(=O)NCC(O)(c2ccccc2)C2CC2)cc(OC)c1OC. The first-order valence-corrected chi connectivity index (χ1v) is 9.55. The van der Waals surface area contributed by atoms with Crippen molar-refractivity contribution in [1.29, 1.82) is 0 Å². The predicted molar refractivity (Wildman–Crippen MR) is 111 cm³/mol. The summed E-state index contributed by atoms with van der Waals surface area (Å²) >= 11 is 0. The lowest BCUT2D eigenvalue weighted by molar-refractivity contribution is -0.118. The van der Waals surface area contributed by atoms with Gasteiger partial charge in [-0.15, -0.1) is 0 Å². The molecule has 2 aromatic rings. The molecule has 0 aromatic heterocycles. The highest BCUT2D eigenvalue weighted by Gasteiger charge is 2.45. The van der Waals surface area contributed by atoms with Gasteiger partial charge < -0.3 is 24.6 Å². The molecule has 1 saturated carbocycles. The first-order valence-electron chi connectivity index (χ1n) is 9.55. The standard InChI is InChI=1S/C23H27NO5/c1-27-19-13-16(14-20(28-2)22(19)29-3)9-12-21(25)24-15-23(26,18-10-11-18)17-7-5-4-6-8-17/h4-9,12-14,18,26H,10-11,15H2,1-3H3,(H,24,25)/b12-9+. The molecule has 0 saturated heterocycles. The Balaban J connectivity index is 1.70. The monoisotopic (exact) mass is 397 g/mol. The van der Waals surface area contributed by atoms with Crippen LogP contribution in [-0.4, -0.2) is 38.9 Å². The van der Waals surface area contributed by atoms with E-state index in [0.717, 1.165) is 24.0 Å². The Bertz CT molecular complexity index is 851. The van der Waals surface area contributed by atoms with Crippen LogP contribution in [0.4, 0.5) is 0 Å². The molecule has 154 valence electrons. The van der Waals surface area contributed by atoms with Crippen LogP contribution in [0.3, 0.4) is 0 Å². The molecule has 0 spiro atoms. The van der Waals surface area contributed by atoms with Gasteiger partial charge in [0.15, 0.2) is 11.5 Å². The van der Waals surface area contributed by atoms with Crippen molar-refractivity contribution in [2.24, 2.45) is 5.92 Å². The van der Waals surface area contributed by atoms with Gasteiger partial charge in [-0.1, -0.05) is 30.3 Å². The fraction of sp³-hybridized carbons (Fsp3) is 0.348. The van der Waals surface area contributed by atoms with E-state index in [1.807, 2.05) is 30.3 Å². The third-order valence-electron chi connectivity index (χ3n) is 5.17. The van der Waals surface area contributed by atoms with Gasteiger partial charge in [-0.3, -0.25) is 4.79 Å². The first-order chi connectivity index (χ1) is 14.0. The van der Waals surface area contributed by atoms with E-state index >= 15 is 0 Å². The van der Waals surface area contributed by atoms with Crippen molar-refractivity contribution in [2.75, 3.05) is 27.9 Å². The van der Waals surface area contributed by atoms with Crippen LogP contribution in [0.2, 0.25) is 0 Å². The summed E-state index contributed by atoms with van der Waals surface area (Å²) in [6.45, 7) is 0.167. The van der Waals surface area contributed by atoms with Crippen LogP contribution in [0, 0.1) is 5.92 Å². The number of aliphatic hydroxyl groups is 1. The second kappa shape index (κ2) is 9.01. The average Bonchev–Trinajstić information content (AvgIpc) is 3.61. The topological polar surface area (TPSA) is 77.0 Å². The molecule has 29 heavy (non-hydrogen) atoms. The number of ether oxygens (including phenoxy) is 3. The molecule has 0 radical (unpaired) electrons. The number of methoxy groups -OCH3 is 3. The van der Waals surface area contributed by atoms with E-state index in [9.17, 15) is 9.90 Å². The third-order valence-corrected chi connectivity index (χ3v) is 5.17. The van der Waals surface area contributed by atoms with Crippen LogP contribution >= 0.6 is 0 Å². The summed E-state index contributed by atoms with van der Waals surface area (Å²) in [6.07, 6.45) is 5.02. The average molecular weight is 397 g/mol. The minimum absolute atomic E-state index is 0.167. The third kappa shape index (κ3) is 4.71. The van der Waals surface area contributed by atoms with Gasteiger partial charge in [0.1, 0.15) is 5.60 Å². The fourth-order valence-electron chi connectivity index (χ4n) is 3.42. The zero-order chi connectivity index (χ0) is 20.9. The zero-order valence-corrected chi connectivity index (χ0v) is 17.0. The summed E-state index contributed by atoms with van der Waals surface area (Å²) in [5.74, 6) is 1.41. The second-order valence-corrected chi connectivity index (χ2v) is 7.07. The molecule has 0 aliphatic heterocycles. The molecule has 3 rings (SSSR count). The van der Waals surface area contributed by atoms with Gasteiger partial charge in [0.25, 0.3) is 0 Å². The van der Waals surface area contributed by atoms with Gasteiger partial charge in [0.2, 0.25) is 11.7 Å². The highest BCUT2D eigenvalue weighted by atomic mass is 16.5. The van der Waals surface area contributed by atoms with E-state index in [1.54, 1.807) is 32.4 Å². The predicted octanol–water partition coefficient (Wildman–Crippen LogP) is 3.14. The smallest absolute Gasteiger partial charge is 0.244 e. The number of benzene rings is 2. The lowest BCUT2D eigenvalue weighted by Gasteiger charge is -2.29. The normalized spacial score (nSPS) is 15.6. The van der Waals surface area contributed by atoms with Crippen molar-refractivity contribution < 1.29 is 24.1 Å².